The molecule has 0 amide bonds. The lowest BCUT2D eigenvalue weighted by molar-refractivity contribution is 0.472. The fourth-order valence-corrected chi connectivity index (χ4v) is 1.30. The number of fused-ring (bicyclic) bond motifs is 1. The minimum atomic E-state index is 0.168. The van der Waals surface area contributed by atoms with Gasteiger partial charge in [-0.25, -0.2) is 0 Å². The third kappa shape index (κ3) is 1.08. The number of aromatic hydroxyl groups is 1. The van der Waals surface area contributed by atoms with Crippen molar-refractivity contribution in [2.24, 2.45) is 0 Å². The molecule has 0 aliphatic rings. The van der Waals surface area contributed by atoms with E-state index in [2.05, 4.69) is 0 Å². The third-order valence-electron chi connectivity index (χ3n) is 1.63. The van der Waals surface area contributed by atoms with Crippen molar-refractivity contribution in [2.45, 2.75) is 0 Å². The van der Waals surface area contributed by atoms with Gasteiger partial charge in [0, 0.05) is 6.07 Å². The molecule has 0 spiro atoms. The largest absolute Gasteiger partial charge is 0.507 e. The molecule has 12 heavy (non-hydrogen) atoms. The molecule has 0 bridgehead atoms. The molecular weight excluding hydrogens is 172 g/mol. The van der Waals surface area contributed by atoms with E-state index in [1.54, 1.807) is 12.1 Å². The summed E-state index contributed by atoms with van der Waals surface area (Å²) in [5.74, 6) is 0.168. The standard InChI is InChI=1S/C9H6O2S/c10-7-5-9(12)11-8-4-2-1-3-6(7)8/h1-5,10H. The van der Waals surface area contributed by atoms with E-state index in [9.17, 15) is 5.11 Å². The minimum absolute atomic E-state index is 0.168. The maximum atomic E-state index is 9.43. The average Bonchev–Trinajstić information content (AvgIpc) is 2.04. The highest BCUT2D eigenvalue weighted by Gasteiger charge is 1.99. The van der Waals surface area contributed by atoms with Gasteiger partial charge < -0.3 is 9.52 Å². The van der Waals surface area contributed by atoms with Crippen molar-refractivity contribution in [3.05, 3.63) is 35.0 Å². The monoisotopic (exact) mass is 178 g/mol. The van der Waals surface area contributed by atoms with Gasteiger partial charge in [0.2, 0.25) is 0 Å². The van der Waals surface area contributed by atoms with Crippen molar-refractivity contribution >= 4 is 23.2 Å². The summed E-state index contributed by atoms with van der Waals surface area (Å²) < 4.78 is 5.49. The van der Waals surface area contributed by atoms with Crippen molar-refractivity contribution in [1.29, 1.82) is 0 Å². The van der Waals surface area contributed by atoms with Crippen LogP contribution in [-0.4, -0.2) is 5.11 Å². The number of benzene rings is 1. The molecule has 1 heterocycles. The first-order valence-corrected chi connectivity index (χ1v) is 3.90. The van der Waals surface area contributed by atoms with E-state index in [4.69, 9.17) is 16.6 Å². The summed E-state index contributed by atoms with van der Waals surface area (Å²) in [4.78, 5) is 0. The van der Waals surface area contributed by atoms with Crippen molar-refractivity contribution in [2.75, 3.05) is 0 Å². The first-order valence-electron chi connectivity index (χ1n) is 3.49. The van der Waals surface area contributed by atoms with Crippen LogP contribution in [0.2, 0.25) is 0 Å². The Kier molecular flexibility index (Phi) is 1.59. The average molecular weight is 178 g/mol. The van der Waals surface area contributed by atoms with Crippen molar-refractivity contribution in [1.82, 2.24) is 0 Å². The zero-order valence-electron chi connectivity index (χ0n) is 6.15. The highest BCUT2D eigenvalue weighted by atomic mass is 32.1. The van der Waals surface area contributed by atoms with E-state index < -0.39 is 0 Å². The molecule has 3 heteroatoms. The molecule has 2 rings (SSSR count). The fraction of sp³-hybridized carbons (Fsp3) is 0. The molecule has 0 aliphatic heterocycles. The Hall–Kier alpha value is -1.35. The maximum Gasteiger partial charge on any atom is 0.194 e. The van der Waals surface area contributed by atoms with E-state index in [0.717, 1.165) is 0 Å². The van der Waals surface area contributed by atoms with Gasteiger partial charge in [0.05, 0.1) is 5.39 Å². The molecule has 0 fully saturated rings. The molecule has 0 saturated heterocycles. The van der Waals surface area contributed by atoms with E-state index in [1.165, 1.54) is 6.07 Å². The number of hydrogen-bond acceptors (Lipinski definition) is 3. The normalized spacial score (nSPS) is 10.3. The van der Waals surface area contributed by atoms with Gasteiger partial charge in [-0.3, -0.25) is 0 Å². The fourth-order valence-electron chi connectivity index (χ4n) is 1.09. The Morgan fingerprint density at radius 3 is 2.83 bits per heavy atom. The van der Waals surface area contributed by atoms with Crippen LogP contribution in [0.5, 0.6) is 5.75 Å². The second-order valence-corrected chi connectivity index (χ2v) is 2.85. The summed E-state index contributed by atoms with van der Waals surface area (Å²) in [5, 5.41) is 10.1. The third-order valence-corrected chi connectivity index (χ3v) is 1.83. The van der Waals surface area contributed by atoms with Gasteiger partial charge in [-0.15, -0.1) is 0 Å². The highest BCUT2D eigenvalue weighted by molar-refractivity contribution is 7.71. The molecule has 1 aromatic heterocycles. The Bertz CT molecular complexity index is 473. The van der Waals surface area contributed by atoms with Crippen LogP contribution in [0.3, 0.4) is 0 Å². The van der Waals surface area contributed by atoms with Crippen LogP contribution < -0.4 is 0 Å². The summed E-state index contributed by atoms with van der Waals surface area (Å²) in [5.41, 5.74) is 0.613. The minimum Gasteiger partial charge on any atom is -0.507 e. The second kappa shape index (κ2) is 2.60. The van der Waals surface area contributed by atoms with Crippen LogP contribution in [0, 0.1) is 4.71 Å². The van der Waals surface area contributed by atoms with Crippen molar-refractivity contribution in [3.8, 4) is 5.75 Å². The van der Waals surface area contributed by atoms with Crippen molar-refractivity contribution in [3.63, 3.8) is 0 Å². The quantitative estimate of drug-likeness (QED) is 0.630. The first kappa shape index (κ1) is 7.31. The summed E-state index contributed by atoms with van der Waals surface area (Å²) in [6, 6.07) is 8.64. The zero-order valence-corrected chi connectivity index (χ0v) is 6.97. The molecule has 0 aliphatic carbocycles. The van der Waals surface area contributed by atoms with Gasteiger partial charge in [-0.2, -0.15) is 0 Å². The van der Waals surface area contributed by atoms with Gasteiger partial charge in [0.25, 0.3) is 0 Å². The first-order chi connectivity index (χ1) is 5.77. The van der Waals surface area contributed by atoms with Crippen LogP contribution in [0.15, 0.2) is 34.7 Å². The Morgan fingerprint density at radius 2 is 2.00 bits per heavy atom. The van der Waals surface area contributed by atoms with Crippen molar-refractivity contribution < 1.29 is 9.52 Å². The molecule has 1 aromatic carbocycles. The summed E-state index contributed by atoms with van der Waals surface area (Å²) in [7, 11) is 0. The number of rotatable bonds is 0. The van der Waals surface area contributed by atoms with Crippen LogP contribution in [0.4, 0.5) is 0 Å². The molecular formula is C9H6O2S. The zero-order chi connectivity index (χ0) is 8.55. The Morgan fingerprint density at radius 1 is 1.25 bits per heavy atom. The van der Waals surface area contributed by atoms with Crippen LogP contribution >= 0.6 is 12.2 Å². The van der Waals surface area contributed by atoms with Crippen LogP contribution in [-0.2, 0) is 0 Å². The smallest absolute Gasteiger partial charge is 0.194 e. The molecule has 60 valence electrons. The number of hydrogen-bond donors (Lipinski definition) is 1. The highest BCUT2D eigenvalue weighted by Crippen LogP contribution is 2.24. The van der Waals surface area contributed by atoms with Gasteiger partial charge in [0.1, 0.15) is 11.3 Å². The summed E-state index contributed by atoms with van der Waals surface area (Å²) in [6.45, 7) is 0. The molecule has 2 aromatic rings. The lowest BCUT2D eigenvalue weighted by Gasteiger charge is -1.97. The summed E-state index contributed by atoms with van der Waals surface area (Å²) in [6.07, 6.45) is 0. The van der Waals surface area contributed by atoms with Gasteiger partial charge in [-0.05, 0) is 24.4 Å². The molecule has 0 unspecified atom stereocenters. The van der Waals surface area contributed by atoms with Gasteiger partial charge >= 0.3 is 0 Å². The Labute approximate surface area is 74.1 Å². The number of para-hydroxylation sites is 1. The predicted octanol–water partition coefficient (Wildman–Crippen LogP) is 2.87. The molecule has 0 saturated carbocycles. The van der Waals surface area contributed by atoms with E-state index in [0.29, 0.717) is 15.7 Å². The topological polar surface area (TPSA) is 33.4 Å². The van der Waals surface area contributed by atoms with Gasteiger partial charge in [0.15, 0.2) is 4.71 Å². The predicted molar refractivity (Wildman–Crippen MR) is 48.7 cm³/mol. The molecule has 0 radical (unpaired) electrons. The molecule has 1 N–H and O–H groups in total. The van der Waals surface area contributed by atoms with E-state index in [-0.39, 0.29) is 5.75 Å². The second-order valence-electron chi connectivity index (χ2n) is 2.45. The van der Waals surface area contributed by atoms with Crippen LogP contribution in [0.1, 0.15) is 0 Å². The van der Waals surface area contributed by atoms with Crippen LogP contribution in [0.25, 0.3) is 11.0 Å². The molecule has 2 nitrogen and oxygen atoms in total. The lowest BCUT2D eigenvalue weighted by atomic mass is 10.2. The lowest BCUT2D eigenvalue weighted by Crippen LogP contribution is -1.72. The SMILES string of the molecule is Oc1cc(=S)oc2ccccc12. The maximum absolute atomic E-state index is 9.43. The summed E-state index contributed by atoms with van der Waals surface area (Å²) >= 11 is 4.80. The van der Waals surface area contributed by atoms with E-state index >= 15 is 0 Å². The molecule has 0 atom stereocenters. The van der Waals surface area contributed by atoms with E-state index in [1.807, 2.05) is 12.1 Å². The Balaban J connectivity index is 2.99. The van der Waals surface area contributed by atoms with Gasteiger partial charge in [-0.1, -0.05) is 12.1 Å².